The van der Waals surface area contributed by atoms with Crippen LogP contribution in [0.4, 0.5) is 4.39 Å². The largest absolute Gasteiger partial charge is 0.365 e. The molecule has 2 amide bonds. The minimum absolute atomic E-state index is 0.141. The number of halogens is 1. The summed E-state index contributed by atoms with van der Waals surface area (Å²) in [6, 6.07) is 15.1. The van der Waals surface area contributed by atoms with Crippen LogP contribution in [0, 0.1) is 5.82 Å². The van der Waals surface area contributed by atoms with Gasteiger partial charge in [0.1, 0.15) is 5.82 Å². The number of nitrogens with two attached hydrogens (primary N) is 1. The minimum atomic E-state index is -0.618. The summed E-state index contributed by atoms with van der Waals surface area (Å²) in [5, 5.41) is 2.77. The topological polar surface area (TPSA) is 98.0 Å². The van der Waals surface area contributed by atoms with Gasteiger partial charge in [0.05, 0.1) is 17.7 Å². The van der Waals surface area contributed by atoms with E-state index in [1.54, 1.807) is 12.1 Å². The first kappa shape index (κ1) is 19.2. The Morgan fingerprint density at radius 1 is 1.04 bits per heavy atom. The second-order valence-corrected chi connectivity index (χ2v) is 6.19. The zero-order chi connectivity index (χ0) is 19.9. The standard InChI is InChI=1S/C21H19FN4O2/c22-16-8-6-14(7-9-16)12-19(27)24-11-10-18-17(20(23)28)13-25-21(26-18)15-4-2-1-3-5-15/h1-9,13H,10-12H2,(H2,23,28)(H,24,27). The third-order valence-corrected chi connectivity index (χ3v) is 4.13. The maximum Gasteiger partial charge on any atom is 0.252 e. The molecule has 0 spiro atoms. The third-order valence-electron chi connectivity index (χ3n) is 4.13. The fraction of sp³-hybridized carbons (Fsp3) is 0.143. The number of hydrogen-bond acceptors (Lipinski definition) is 4. The zero-order valence-corrected chi connectivity index (χ0v) is 15.1. The van der Waals surface area contributed by atoms with Crippen LogP contribution in [0.25, 0.3) is 11.4 Å². The average Bonchev–Trinajstić information content (AvgIpc) is 2.70. The normalized spacial score (nSPS) is 10.5. The number of primary amides is 1. The molecule has 6 nitrogen and oxygen atoms in total. The zero-order valence-electron chi connectivity index (χ0n) is 15.1. The van der Waals surface area contributed by atoms with Gasteiger partial charge in [-0.15, -0.1) is 0 Å². The third kappa shape index (κ3) is 4.97. The van der Waals surface area contributed by atoms with E-state index in [2.05, 4.69) is 15.3 Å². The second kappa shape index (κ2) is 8.85. The Labute approximate surface area is 161 Å². The van der Waals surface area contributed by atoms with Gasteiger partial charge in [0.25, 0.3) is 5.91 Å². The summed E-state index contributed by atoms with van der Waals surface area (Å²) in [5.74, 6) is -0.684. The van der Waals surface area contributed by atoms with Crippen molar-refractivity contribution >= 4 is 11.8 Å². The molecule has 2 aromatic carbocycles. The molecule has 28 heavy (non-hydrogen) atoms. The van der Waals surface area contributed by atoms with Crippen LogP contribution in [0.2, 0.25) is 0 Å². The number of hydrogen-bond donors (Lipinski definition) is 2. The van der Waals surface area contributed by atoms with Crippen molar-refractivity contribution < 1.29 is 14.0 Å². The van der Waals surface area contributed by atoms with Crippen molar-refractivity contribution in [3.63, 3.8) is 0 Å². The predicted molar refractivity (Wildman–Crippen MR) is 103 cm³/mol. The maximum atomic E-state index is 12.9. The predicted octanol–water partition coefficient (Wildman–Crippen LogP) is 2.28. The molecule has 0 atom stereocenters. The Bertz CT molecular complexity index is 975. The summed E-state index contributed by atoms with van der Waals surface area (Å²) in [6.07, 6.45) is 1.88. The molecule has 0 saturated carbocycles. The number of carbonyl (C=O) groups excluding carboxylic acids is 2. The van der Waals surface area contributed by atoms with Gasteiger partial charge in [-0.2, -0.15) is 0 Å². The lowest BCUT2D eigenvalue weighted by atomic mass is 10.1. The van der Waals surface area contributed by atoms with E-state index >= 15 is 0 Å². The molecule has 0 aliphatic carbocycles. The van der Waals surface area contributed by atoms with E-state index in [-0.39, 0.29) is 30.3 Å². The molecule has 0 aliphatic rings. The highest BCUT2D eigenvalue weighted by Gasteiger charge is 2.13. The van der Waals surface area contributed by atoms with Crippen LogP contribution in [0.5, 0.6) is 0 Å². The molecule has 0 unspecified atom stereocenters. The number of carbonyl (C=O) groups is 2. The first-order chi connectivity index (χ1) is 13.5. The van der Waals surface area contributed by atoms with Crippen molar-refractivity contribution in [2.45, 2.75) is 12.8 Å². The first-order valence-electron chi connectivity index (χ1n) is 8.75. The van der Waals surface area contributed by atoms with E-state index in [4.69, 9.17) is 5.73 Å². The van der Waals surface area contributed by atoms with Gasteiger partial charge in [-0.05, 0) is 17.7 Å². The number of rotatable bonds is 7. The molecule has 3 rings (SSSR count). The Morgan fingerprint density at radius 2 is 1.75 bits per heavy atom. The van der Waals surface area contributed by atoms with Crippen LogP contribution in [-0.4, -0.2) is 28.3 Å². The maximum absolute atomic E-state index is 12.9. The van der Waals surface area contributed by atoms with Gasteiger partial charge in [-0.25, -0.2) is 14.4 Å². The quantitative estimate of drug-likeness (QED) is 0.659. The smallest absolute Gasteiger partial charge is 0.252 e. The van der Waals surface area contributed by atoms with Crippen LogP contribution in [0.1, 0.15) is 21.6 Å². The Balaban J connectivity index is 1.66. The van der Waals surface area contributed by atoms with Crippen LogP contribution >= 0.6 is 0 Å². The number of amides is 2. The summed E-state index contributed by atoms with van der Waals surface area (Å²) >= 11 is 0. The van der Waals surface area contributed by atoms with Gasteiger partial charge >= 0.3 is 0 Å². The summed E-state index contributed by atoms with van der Waals surface area (Å²) in [6.45, 7) is 0.283. The van der Waals surface area contributed by atoms with Gasteiger partial charge in [0, 0.05) is 24.7 Å². The molecular weight excluding hydrogens is 359 g/mol. The molecule has 3 aromatic rings. The molecule has 0 saturated heterocycles. The highest BCUT2D eigenvalue weighted by Crippen LogP contribution is 2.16. The van der Waals surface area contributed by atoms with Crippen LogP contribution in [0.3, 0.4) is 0 Å². The van der Waals surface area contributed by atoms with E-state index < -0.39 is 5.91 Å². The number of aromatic nitrogens is 2. The van der Waals surface area contributed by atoms with Gasteiger partial charge < -0.3 is 11.1 Å². The van der Waals surface area contributed by atoms with Crippen LogP contribution in [0.15, 0.2) is 60.8 Å². The Kier molecular flexibility index (Phi) is 6.06. The molecule has 0 bridgehead atoms. The monoisotopic (exact) mass is 378 g/mol. The van der Waals surface area contributed by atoms with Gasteiger partial charge in [-0.3, -0.25) is 9.59 Å². The van der Waals surface area contributed by atoms with Crippen molar-refractivity contribution in [2.24, 2.45) is 5.73 Å². The van der Waals surface area contributed by atoms with Crippen LogP contribution < -0.4 is 11.1 Å². The summed E-state index contributed by atoms with van der Waals surface area (Å²) < 4.78 is 12.9. The summed E-state index contributed by atoms with van der Waals surface area (Å²) in [5.41, 5.74) is 7.65. The van der Waals surface area contributed by atoms with Crippen molar-refractivity contribution in [1.29, 1.82) is 0 Å². The average molecular weight is 378 g/mol. The van der Waals surface area contributed by atoms with Gasteiger partial charge in [-0.1, -0.05) is 42.5 Å². The lowest BCUT2D eigenvalue weighted by Crippen LogP contribution is -2.28. The van der Waals surface area contributed by atoms with Gasteiger partial charge in [0.2, 0.25) is 5.91 Å². The number of benzene rings is 2. The number of nitrogens with one attached hydrogen (secondary N) is 1. The molecule has 1 aromatic heterocycles. The van der Waals surface area contributed by atoms with E-state index in [9.17, 15) is 14.0 Å². The highest BCUT2D eigenvalue weighted by atomic mass is 19.1. The second-order valence-electron chi connectivity index (χ2n) is 6.19. The van der Waals surface area contributed by atoms with Crippen molar-refractivity contribution in [2.75, 3.05) is 6.54 Å². The fourth-order valence-electron chi connectivity index (χ4n) is 2.71. The summed E-state index contributed by atoms with van der Waals surface area (Å²) in [7, 11) is 0. The van der Waals surface area contributed by atoms with E-state index in [0.29, 0.717) is 23.5 Å². The molecule has 3 N–H and O–H groups in total. The van der Waals surface area contributed by atoms with Crippen molar-refractivity contribution in [3.05, 3.63) is 83.4 Å². The lowest BCUT2D eigenvalue weighted by Gasteiger charge is -2.09. The Morgan fingerprint density at radius 3 is 2.43 bits per heavy atom. The van der Waals surface area contributed by atoms with Crippen LogP contribution in [-0.2, 0) is 17.6 Å². The van der Waals surface area contributed by atoms with E-state index in [0.717, 1.165) is 5.56 Å². The minimum Gasteiger partial charge on any atom is -0.365 e. The first-order valence-corrected chi connectivity index (χ1v) is 8.75. The molecule has 7 heteroatoms. The number of nitrogens with zero attached hydrogens (tertiary/aromatic N) is 2. The van der Waals surface area contributed by atoms with E-state index in [1.807, 2.05) is 30.3 Å². The molecular formula is C21H19FN4O2. The summed E-state index contributed by atoms with van der Waals surface area (Å²) in [4.78, 5) is 32.4. The highest BCUT2D eigenvalue weighted by molar-refractivity contribution is 5.93. The molecule has 1 heterocycles. The lowest BCUT2D eigenvalue weighted by molar-refractivity contribution is -0.120. The SMILES string of the molecule is NC(=O)c1cnc(-c2ccccc2)nc1CCNC(=O)Cc1ccc(F)cc1. The van der Waals surface area contributed by atoms with Crippen molar-refractivity contribution in [1.82, 2.24) is 15.3 Å². The molecule has 142 valence electrons. The van der Waals surface area contributed by atoms with Gasteiger partial charge in [0.15, 0.2) is 5.82 Å². The molecule has 0 fully saturated rings. The van der Waals surface area contributed by atoms with Crippen molar-refractivity contribution in [3.8, 4) is 11.4 Å². The fourth-order valence-corrected chi connectivity index (χ4v) is 2.71. The Hall–Kier alpha value is -3.61. The molecule has 0 radical (unpaired) electrons. The molecule has 0 aliphatic heterocycles. The van der Waals surface area contributed by atoms with E-state index in [1.165, 1.54) is 18.3 Å².